The molecule has 12 heteroatoms. The number of thiophene rings is 1. The third-order valence-corrected chi connectivity index (χ3v) is 6.46. The van der Waals surface area contributed by atoms with Crippen LogP contribution in [0.1, 0.15) is 26.6 Å². The van der Waals surface area contributed by atoms with E-state index >= 15 is 0 Å². The maximum absolute atomic E-state index is 13.6. The van der Waals surface area contributed by atoms with Crippen LogP contribution < -0.4 is 11.1 Å². The van der Waals surface area contributed by atoms with Gasteiger partial charge in [0, 0.05) is 11.6 Å². The molecule has 0 atom stereocenters. The van der Waals surface area contributed by atoms with Crippen LogP contribution in [0.3, 0.4) is 0 Å². The predicted octanol–water partition coefficient (Wildman–Crippen LogP) is 5.19. The van der Waals surface area contributed by atoms with Crippen LogP contribution in [0.5, 0.6) is 0 Å². The van der Waals surface area contributed by atoms with Gasteiger partial charge in [-0.15, -0.1) is 11.3 Å². The monoisotopic (exact) mass is 507 g/mol. The van der Waals surface area contributed by atoms with Gasteiger partial charge in [-0.3, -0.25) is 14.3 Å². The highest BCUT2D eigenvalue weighted by Crippen LogP contribution is 2.43. The number of aromatic nitrogens is 3. The van der Waals surface area contributed by atoms with Crippen molar-refractivity contribution in [2.45, 2.75) is 26.6 Å². The number of halogens is 4. The molecule has 0 fully saturated rings. The molecule has 0 spiro atoms. The van der Waals surface area contributed by atoms with Gasteiger partial charge in [0.2, 0.25) is 5.91 Å². The number of benzene rings is 1. The van der Waals surface area contributed by atoms with Gasteiger partial charge in [-0.2, -0.15) is 18.3 Å². The standard InChI is InChI=1S/C22H17ClF3N5O2S/c1-10-3-5-12(6-4-10)13-7-15(22(24,25)26)28-21-17(13)18(19(34-21)20(27)33)29-16(32)9-31-8-14(23)11(2)30-31/h3-8H,9H2,1-2H3,(H2,27,33)(H,29,32). The molecule has 0 aliphatic heterocycles. The van der Waals surface area contributed by atoms with Crippen molar-refractivity contribution >= 4 is 50.7 Å². The van der Waals surface area contributed by atoms with Crippen LogP contribution in [-0.2, 0) is 17.5 Å². The molecule has 7 nitrogen and oxygen atoms in total. The van der Waals surface area contributed by atoms with Gasteiger partial charge in [0.05, 0.1) is 16.4 Å². The van der Waals surface area contributed by atoms with E-state index in [0.29, 0.717) is 27.6 Å². The maximum Gasteiger partial charge on any atom is 0.433 e. The second-order valence-electron chi connectivity index (χ2n) is 7.58. The lowest BCUT2D eigenvalue weighted by Crippen LogP contribution is -2.21. The van der Waals surface area contributed by atoms with Crippen molar-refractivity contribution in [2.75, 3.05) is 5.32 Å². The number of amides is 2. The van der Waals surface area contributed by atoms with Crippen molar-refractivity contribution in [3.8, 4) is 11.1 Å². The fourth-order valence-electron chi connectivity index (χ4n) is 3.40. The van der Waals surface area contributed by atoms with Crippen molar-refractivity contribution in [1.82, 2.24) is 14.8 Å². The van der Waals surface area contributed by atoms with E-state index in [-0.39, 0.29) is 32.9 Å². The number of carbonyl (C=O) groups is 2. The molecule has 3 aromatic heterocycles. The fourth-order valence-corrected chi connectivity index (χ4v) is 4.56. The highest BCUT2D eigenvalue weighted by molar-refractivity contribution is 7.21. The summed E-state index contributed by atoms with van der Waals surface area (Å²) in [5.74, 6) is -1.48. The van der Waals surface area contributed by atoms with Crippen molar-refractivity contribution in [2.24, 2.45) is 5.73 Å². The van der Waals surface area contributed by atoms with E-state index in [1.54, 1.807) is 31.2 Å². The van der Waals surface area contributed by atoms with Crippen LogP contribution in [0.15, 0.2) is 36.5 Å². The average Bonchev–Trinajstić information content (AvgIpc) is 3.26. The lowest BCUT2D eigenvalue weighted by Gasteiger charge is -2.12. The van der Waals surface area contributed by atoms with Crippen LogP contribution >= 0.6 is 22.9 Å². The molecule has 2 amide bonds. The first-order valence-electron chi connectivity index (χ1n) is 9.85. The number of pyridine rings is 1. The Morgan fingerprint density at radius 2 is 1.88 bits per heavy atom. The van der Waals surface area contributed by atoms with E-state index in [1.165, 1.54) is 10.9 Å². The van der Waals surface area contributed by atoms with Crippen molar-refractivity contribution in [3.05, 3.63) is 63.4 Å². The van der Waals surface area contributed by atoms with Crippen LogP contribution in [0.25, 0.3) is 21.3 Å². The maximum atomic E-state index is 13.6. The summed E-state index contributed by atoms with van der Waals surface area (Å²) >= 11 is 6.66. The number of rotatable bonds is 5. The van der Waals surface area contributed by atoms with E-state index in [2.05, 4.69) is 15.4 Å². The Hall–Kier alpha value is -3.44. The van der Waals surface area contributed by atoms with Crippen LogP contribution in [0.2, 0.25) is 5.02 Å². The van der Waals surface area contributed by atoms with Crippen molar-refractivity contribution < 1.29 is 22.8 Å². The number of anilines is 1. The fraction of sp³-hybridized carbons (Fsp3) is 0.182. The highest BCUT2D eigenvalue weighted by atomic mass is 35.5. The number of nitrogens with zero attached hydrogens (tertiary/aromatic N) is 3. The van der Waals surface area contributed by atoms with Crippen molar-refractivity contribution in [1.29, 1.82) is 0 Å². The summed E-state index contributed by atoms with van der Waals surface area (Å²) < 4.78 is 42.1. The lowest BCUT2D eigenvalue weighted by atomic mass is 10.00. The summed E-state index contributed by atoms with van der Waals surface area (Å²) in [5.41, 5.74) is 6.44. The molecule has 0 aliphatic carbocycles. The van der Waals surface area contributed by atoms with Crippen molar-refractivity contribution in [3.63, 3.8) is 0 Å². The first kappa shape index (κ1) is 23.7. The van der Waals surface area contributed by atoms with Crippen LogP contribution in [0, 0.1) is 13.8 Å². The molecule has 3 N–H and O–H groups in total. The number of primary amides is 1. The number of aryl methyl sites for hydroxylation is 2. The Labute approximate surface area is 200 Å². The van der Waals surface area contributed by atoms with E-state index in [9.17, 15) is 22.8 Å². The Bertz CT molecular complexity index is 1410. The number of nitrogens with two attached hydrogens (primary N) is 1. The van der Waals surface area contributed by atoms with Gasteiger partial charge >= 0.3 is 6.18 Å². The molecule has 0 aliphatic rings. The molecule has 34 heavy (non-hydrogen) atoms. The number of hydrogen-bond acceptors (Lipinski definition) is 5. The van der Waals surface area contributed by atoms with Gasteiger partial charge < -0.3 is 11.1 Å². The predicted molar refractivity (Wildman–Crippen MR) is 124 cm³/mol. The van der Waals surface area contributed by atoms with Gasteiger partial charge in [-0.25, -0.2) is 4.98 Å². The van der Waals surface area contributed by atoms with E-state index in [4.69, 9.17) is 17.3 Å². The minimum atomic E-state index is -4.72. The normalized spacial score (nSPS) is 11.7. The summed E-state index contributed by atoms with van der Waals surface area (Å²) in [6, 6.07) is 7.71. The van der Waals surface area contributed by atoms with Gasteiger partial charge in [0.15, 0.2) is 0 Å². The average molecular weight is 508 g/mol. The molecule has 176 valence electrons. The highest BCUT2D eigenvalue weighted by Gasteiger charge is 2.35. The quantitative estimate of drug-likeness (QED) is 0.388. The molecule has 0 bridgehead atoms. The van der Waals surface area contributed by atoms with Crippen LogP contribution in [0.4, 0.5) is 18.9 Å². The first-order valence-corrected chi connectivity index (χ1v) is 11.0. The number of alkyl halides is 3. The Morgan fingerprint density at radius 3 is 2.44 bits per heavy atom. The summed E-state index contributed by atoms with van der Waals surface area (Å²) in [4.78, 5) is 28.5. The molecule has 0 saturated heterocycles. The molecule has 0 unspecified atom stereocenters. The van der Waals surface area contributed by atoms with Gasteiger partial charge in [-0.1, -0.05) is 41.4 Å². The third-order valence-electron chi connectivity index (χ3n) is 5.00. The molecular weight excluding hydrogens is 491 g/mol. The number of carbonyl (C=O) groups excluding carboxylic acids is 2. The van der Waals surface area contributed by atoms with E-state index in [0.717, 1.165) is 11.6 Å². The zero-order chi connectivity index (χ0) is 24.8. The minimum Gasteiger partial charge on any atom is -0.365 e. The van der Waals surface area contributed by atoms with Crippen LogP contribution in [-0.4, -0.2) is 26.6 Å². The molecule has 0 saturated carbocycles. The van der Waals surface area contributed by atoms with Gasteiger partial charge in [0.1, 0.15) is 21.9 Å². The second-order valence-corrected chi connectivity index (χ2v) is 8.98. The largest absolute Gasteiger partial charge is 0.433 e. The molecule has 4 rings (SSSR count). The lowest BCUT2D eigenvalue weighted by molar-refractivity contribution is -0.140. The number of fused-ring (bicyclic) bond motifs is 1. The number of hydrogen-bond donors (Lipinski definition) is 2. The zero-order valence-corrected chi connectivity index (χ0v) is 19.4. The number of nitrogens with one attached hydrogen (secondary N) is 1. The summed E-state index contributed by atoms with van der Waals surface area (Å²) in [5, 5.41) is 7.29. The Kier molecular flexibility index (Phi) is 6.09. The Balaban J connectivity index is 1.89. The zero-order valence-electron chi connectivity index (χ0n) is 17.8. The summed E-state index contributed by atoms with van der Waals surface area (Å²) in [6.07, 6.45) is -3.25. The molecule has 0 radical (unpaired) electrons. The topological polar surface area (TPSA) is 103 Å². The second kappa shape index (κ2) is 8.73. The van der Waals surface area contributed by atoms with E-state index < -0.39 is 23.7 Å². The summed E-state index contributed by atoms with van der Waals surface area (Å²) in [6.45, 7) is 3.28. The summed E-state index contributed by atoms with van der Waals surface area (Å²) in [7, 11) is 0. The van der Waals surface area contributed by atoms with Gasteiger partial charge in [0.25, 0.3) is 5.91 Å². The molecule has 3 heterocycles. The molecule has 1 aromatic carbocycles. The molecule has 4 aromatic rings. The smallest absolute Gasteiger partial charge is 0.365 e. The third kappa shape index (κ3) is 4.62. The van der Waals surface area contributed by atoms with Gasteiger partial charge in [-0.05, 0) is 31.0 Å². The van der Waals surface area contributed by atoms with E-state index in [1.807, 2.05) is 6.92 Å². The minimum absolute atomic E-state index is 0.00396. The SMILES string of the molecule is Cc1ccc(-c2cc(C(F)(F)F)nc3sc(C(N)=O)c(NC(=O)Cn4cc(Cl)c(C)n4)c23)cc1. The molecular formula is C22H17ClF3N5O2S. The first-order chi connectivity index (χ1) is 15.9. The Morgan fingerprint density at radius 1 is 1.21 bits per heavy atom.